The molecule has 0 unspecified atom stereocenters. The summed E-state index contributed by atoms with van der Waals surface area (Å²) >= 11 is 5.96. The van der Waals surface area contributed by atoms with Gasteiger partial charge < -0.3 is 0 Å². The highest BCUT2D eigenvalue weighted by molar-refractivity contribution is 6.31. The van der Waals surface area contributed by atoms with Gasteiger partial charge in [0.05, 0.1) is 0 Å². The van der Waals surface area contributed by atoms with Crippen LogP contribution in [0.15, 0.2) is 23.8 Å². The molecule has 0 aliphatic carbocycles. The quantitative estimate of drug-likeness (QED) is 0.679. The van der Waals surface area contributed by atoms with E-state index in [1.807, 2.05) is 31.2 Å². The van der Waals surface area contributed by atoms with E-state index in [9.17, 15) is 4.79 Å². The van der Waals surface area contributed by atoms with E-state index in [4.69, 9.17) is 11.6 Å². The zero-order valence-corrected chi connectivity index (χ0v) is 9.35. The maximum absolute atomic E-state index is 11.0. The summed E-state index contributed by atoms with van der Waals surface area (Å²) in [5.74, 6) is 0.0849. The van der Waals surface area contributed by atoms with Gasteiger partial charge in [-0.05, 0) is 49.6 Å². The number of aryl methyl sites for hydroxylation is 1. The van der Waals surface area contributed by atoms with Crippen LogP contribution in [-0.2, 0) is 4.79 Å². The summed E-state index contributed by atoms with van der Waals surface area (Å²) < 4.78 is 0. The SMILES string of the molecule is CC(=O)/C(C)=C/c1ccc(C)c(Cl)c1. The lowest BCUT2D eigenvalue weighted by Gasteiger charge is -2.00. The van der Waals surface area contributed by atoms with Gasteiger partial charge in [0.25, 0.3) is 0 Å². The van der Waals surface area contributed by atoms with Gasteiger partial charge in [0.15, 0.2) is 5.78 Å². The predicted octanol–water partition coefficient (Wildman–Crippen LogP) is 3.64. The molecule has 0 saturated heterocycles. The first-order chi connectivity index (χ1) is 6.50. The highest BCUT2D eigenvalue weighted by atomic mass is 35.5. The van der Waals surface area contributed by atoms with Gasteiger partial charge in [-0.15, -0.1) is 0 Å². The van der Waals surface area contributed by atoms with Crippen LogP contribution in [0.5, 0.6) is 0 Å². The molecule has 0 saturated carbocycles. The van der Waals surface area contributed by atoms with Crippen LogP contribution in [0.3, 0.4) is 0 Å². The number of carbonyl (C=O) groups is 1. The molecule has 1 aromatic rings. The van der Waals surface area contributed by atoms with Crippen LogP contribution in [0.4, 0.5) is 0 Å². The minimum atomic E-state index is 0.0849. The molecule has 0 heterocycles. The Labute approximate surface area is 89.4 Å². The Morgan fingerprint density at radius 2 is 2.00 bits per heavy atom. The molecular formula is C12H13ClO. The van der Waals surface area contributed by atoms with Crippen LogP contribution in [-0.4, -0.2) is 5.78 Å². The molecule has 0 aliphatic rings. The molecule has 0 bridgehead atoms. The van der Waals surface area contributed by atoms with Crippen molar-refractivity contribution in [3.8, 4) is 0 Å². The van der Waals surface area contributed by atoms with Crippen LogP contribution < -0.4 is 0 Å². The largest absolute Gasteiger partial charge is 0.295 e. The molecule has 0 spiro atoms. The highest BCUT2D eigenvalue weighted by Gasteiger charge is 1.98. The minimum absolute atomic E-state index is 0.0849. The number of allylic oxidation sites excluding steroid dienone is 1. The molecule has 1 rings (SSSR count). The molecule has 74 valence electrons. The summed E-state index contributed by atoms with van der Waals surface area (Å²) in [4.78, 5) is 11.0. The van der Waals surface area contributed by atoms with Crippen molar-refractivity contribution in [2.45, 2.75) is 20.8 Å². The molecule has 0 fully saturated rings. The standard InChI is InChI=1S/C12H13ClO/c1-8-4-5-11(7-12(8)13)6-9(2)10(3)14/h4-7H,1-3H3/b9-6+. The topological polar surface area (TPSA) is 17.1 Å². The number of hydrogen-bond acceptors (Lipinski definition) is 1. The average Bonchev–Trinajstić information content (AvgIpc) is 2.11. The molecule has 0 aliphatic heterocycles. The molecule has 0 N–H and O–H groups in total. The summed E-state index contributed by atoms with van der Waals surface area (Å²) in [6, 6.07) is 5.76. The predicted molar refractivity (Wildman–Crippen MR) is 60.5 cm³/mol. The third-order valence-corrected chi connectivity index (χ3v) is 2.54. The molecule has 0 radical (unpaired) electrons. The summed E-state index contributed by atoms with van der Waals surface area (Å²) in [5.41, 5.74) is 2.75. The van der Waals surface area contributed by atoms with Crippen molar-refractivity contribution in [2.24, 2.45) is 0 Å². The van der Waals surface area contributed by atoms with E-state index in [-0.39, 0.29) is 5.78 Å². The molecule has 14 heavy (non-hydrogen) atoms. The van der Waals surface area contributed by atoms with Crippen LogP contribution in [0, 0.1) is 6.92 Å². The second-order valence-corrected chi connectivity index (χ2v) is 3.80. The number of benzene rings is 1. The Hall–Kier alpha value is -1.08. The lowest BCUT2D eigenvalue weighted by molar-refractivity contribution is -0.113. The van der Waals surface area contributed by atoms with Crippen molar-refractivity contribution >= 4 is 23.5 Å². The smallest absolute Gasteiger partial charge is 0.155 e. The van der Waals surface area contributed by atoms with E-state index in [0.29, 0.717) is 0 Å². The summed E-state index contributed by atoms with van der Waals surface area (Å²) in [6.07, 6.45) is 1.84. The van der Waals surface area contributed by atoms with Gasteiger partial charge in [-0.3, -0.25) is 4.79 Å². The van der Waals surface area contributed by atoms with Crippen molar-refractivity contribution in [3.63, 3.8) is 0 Å². The normalized spacial score (nSPS) is 11.6. The maximum atomic E-state index is 11.0. The number of ketones is 1. The van der Waals surface area contributed by atoms with Crippen LogP contribution in [0.1, 0.15) is 25.0 Å². The van der Waals surface area contributed by atoms with Crippen molar-refractivity contribution in [2.75, 3.05) is 0 Å². The molecule has 0 aromatic heterocycles. The van der Waals surface area contributed by atoms with E-state index in [2.05, 4.69) is 0 Å². The van der Waals surface area contributed by atoms with Crippen molar-refractivity contribution < 1.29 is 4.79 Å². The van der Waals surface area contributed by atoms with Crippen LogP contribution in [0.2, 0.25) is 5.02 Å². The van der Waals surface area contributed by atoms with E-state index in [0.717, 1.165) is 21.7 Å². The van der Waals surface area contributed by atoms with E-state index < -0.39 is 0 Å². The molecule has 2 heteroatoms. The van der Waals surface area contributed by atoms with E-state index in [1.54, 1.807) is 13.8 Å². The first-order valence-electron chi connectivity index (χ1n) is 4.46. The first-order valence-corrected chi connectivity index (χ1v) is 4.84. The number of Topliss-reactive ketones (excluding diaryl/α,β-unsaturated/α-hetero) is 1. The van der Waals surface area contributed by atoms with Gasteiger partial charge in [0.2, 0.25) is 0 Å². The number of halogens is 1. The Morgan fingerprint density at radius 3 is 2.50 bits per heavy atom. The van der Waals surface area contributed by atoms with Gasteiger partial charge in [-0.1, -0.05) is 23.7 Å². The third-order valence-electron chi connectivity index (χ3n) is 2.13. The second-order valence-electron chi connectivity index (χ2n) is 3.39. The first kappa shape index (κ1) is 11.0. The number of hydrogen-bond donors (Lipinski definition) is 0. The van der Waals surface area contributed by atoms with Gasteiger partial charge in [0.1, 0.15) is 0 Å². The zero-order valence-electron chi connectivity index (χ0n) is 8.60. The van der Waals surface area contributed by atoms with E-state index >= 15 is 0 Å². The lowest BCUT2D eigenvalue weighted by atomic mass is 10.1. The minimum Gasteiger partial charge on any atom is -0.295 e. The van der Waals surface area contributed by atoms with Crippen molar-refractivity contribution in [1.29, 1.82) is 0 Å². The Balaban J connectivity index is 3.04. The van der Waals surface area contributed by atoms with Gasteiger partial charge >= 0.3 is 0 Å². The highest BCUT2D eigenvalue weighted by Crippen LogP contribution is 2.18. The number of rotatable bonds is 2. The summed E-state index contributed by atoms with van der Waals surface area (Å²) in [7, 11) is 0. The van der Waals surface area contributed by atoms with Gasteiger partial charge in [-0.2, -0.15) is 0 Å². The molecule has 1 aromatic carbocycles. The summed E-state index contributed by atoms with van der Waals surface area (Å²) in [6.45, 7) is 5.31. The van der Waals surface area contributed by atoms with Gasteiger partial charge in [0, 0.05) is 5.02 Å². The lowest BCUT2D eigenvalue weighted by Crippen LogP contribution is -1.90. The Morgan fingerprint density at radius 1 is 1.36 bits per heavy atom. The molecule has 0 atom stereocenters. The molecule has 1 nitrogen and oxygen atoms in total. The molecule has 0 amide bonds. The van der Waals surface area contributed by atoms with Crippen LogP contribution >= 0.6 is 11.6 Å². The van der Waals surface area contributed by atoms with Crippen molar-refractivity contribution in [1.82, 2.24) is 0 Å². The fourth-order valence-corrected chi connectivity index (χ4v) is 1.24. The molecular weight excluding hydrogens is 196 g/mol. The maximum Gasteiger partial charge on any atom is 0.155 e. The number of carbonyl (C=O) groups excluding carboxylic acids is 1. The van der Waals surface area contributed by atoms with Crippen LogP contribution in [0.25, 0.3) is 6.08 Å². The zero-order chi connectivity index (χ0) is 10.7. The fraction of sp³-hybridized carbons (Fsp3) is 0.250. The van der Waals surface area contributed by atoms with Crippen molar-refractivity contribution in [3.05, 3.63) is 39.9 Å². The second kappa shape index (κ2) is 4.43. The van der Waals surface area contributed by atoms with E-state index in [1.165, 1.54) is 0 Å². The Bertz CT molecular complexity index is 391. The van der Waals surface area contributed by atoms with Gasteiger partial charge in [-0.25, -0.2) is 0 Å². The third kappa shape index (κ3) is 2.71. The fourth-order valence-electron chi connectivity index (χ4n) is 1.05. The Kier molecular flexibility index (Phi) is 3.48. The summed E-state index contributed by atoms with van der Waals surface area (Å²) in [5, 5.41) is 0.732. The average molecular weight is 209 g/mol. The monoisotopic (exact) mass is 208 g/mol.